The zero-order valence-electron chi connectivity index (χ0n) is 12.4. The largest absolute Gasteiger partial charge is 0.355 e. The second kappa shape index (κ2) is 6.95. The number of hydrogen-bond donors (Lipinski definition) is 1. The monoisotopic (exact) mass is 313 g/mol. The molecule has 112 valence electrons. The number of thiophene rings is 1. The first-order valence-electron chi connectivity index (χ1n) is 7.43. The van der Waals surface area contributed by atoms with E-state index in [1.165, 1.54) is 10.4 Å². The molecule has 0 aliphatic heterocycles. The van der Waals surface area contributed by atoms with Gasteiger partial charge in [-0.15, -0.1) is 22.9 Å². The van der Waals surface area contributed by atoms with Crippen LogP contribution in [0, 0.1) is 5.41 Å². The number of rotatable bonds is 6. The third kappa shape index (κ3) is 3.98. The molecular formula is C16H24ClNOS. The van der Waals surface area contributed by atoms with E-state index in [-0.39, 0.29) is 17.2 Å². The van der Waals surface area contributed by atoms with Crippen molar-refractivity contribution in [1.82, 2.24) is 5.32 Å². The minimum Gasteiger partial charge on any atom is -0.355 e. The van der Waals surface area contributed by atoms with E-state index >= 15 is 0 Å². The summed E-state index contributed by atoms with van der Waals surface area (Å²) >= 11 is 7.54. The van der Waals surface area contributed by atoms with E-state index in [4.69, 9.17) is 11.6 Å². The van der Waals surface area contributed by atoms with E-state index in [2.05, 4.69) is 30.6 Å². The van der Waals surface area contributed by atoms with Gasteiger partial charge in [0.15, 0.2) is 0 Å². The van der Waals surface area contributed by atoms with Crippen LogP contribution in [-0.2, 0) is 11.2 Å². The second-order valence-electron chi connectivity index (χ2n) is 6.42. The topological polar surface area (TPSA) is 29.1 Å². The first kappa shape index (κ1) is 15.8. The van der Waals surface area contributed by atoms with Gasteiger partial charge in [0.05, 0.1) is 5.92 Å². The summed E-state index contributed by atoms with van der Waals surface area (Å²) in [6, 6.07) is 2.13. The van der Waals surface area contributed by atoms with Crippen molar-refractivity contribution in [2.75, 3.05) is 12.4 Å². The molecule has 0 saturated carbocycles. The third-order valence-corrected chi connectivity index (χ3v) is 5.36. The van der Waals surface area contributed by atoms with E-state index < -0.39 is 0 Å². The molecule has 1 aromatic rings. The van der Waals surface area contributed by atoms with Crippen molar-refractivity contribution in [2.24, 2.45) is 5.41 Å². The van der Waals surface area contributed by atoms with Gasteiger partial charge in [-0.1, -0.05) is 13.8 Å². The van der Waals surface area contributed by atoms with Crippen LogP contribution in [0.5, 0.6) is 0 Å². The SMILES string of the molecule is CC(C)(CCCCl)CNC(=O)C1CCCc2sccc21. The summed E-state index contributed by atoms with van der Waals surface area (Å²) in [6.07, 6.45) is 5.30. The van der Waals surface area contributed by atoms with Gasteiger partial charge in [-0.25, -0.2) is 0 Å². The Hall–Kier alpha value is -0.540. The van der Waals surface area contributed by atoms with Crippen molar-refractivity contribution in [3.8, 4) is 0 Å². The molecule has 0 spiro atoms. The highest BCUT2D eigenvalue weighted by molar-refractivity contribution is 7.10. The summed E-state index contributed by atoms with van der Waals surface area (Å²) in [5.41, 5.74) is 1.38. The molecule has 1 N–H and O–H groups in total. The number of hydrogen-bond acceptors (Lipinski definition) is 2. The fourth-order valence-corrected chi connectivity index (χ4v) is 3.96. The summed E-state index contributed by atoms with van der Waals surface area (Å²) in [5.74, 6) is 0.954. The van der Waals surface area contributed by atoms with Crippen LogP contribution in [0.15, 0.2) is 11.4 Å². The van der Waals surface area contributed by atoms with Crippen LogP contribution in [0.25, 0.3) is 0 Å². The first-order valence-corrected chi connectivity index (χ1v) is 8.85. The van der Waals surface area contributed by atoms with E-state index in [0.717, 1.165) is 38.6 Å². The Kier molecular flexibility index (Phi) is 5.50. The lowest BCUT2D eigenvalue weighted by atomic mass is 9.85. The molecule has 1 amide bonds. The molecule has 2 rings (SSSR count). The summed E-state index contributed by atoms with van der Waals surface area (Å²) in [7, 11) is 0. The Labute approximate surface area is 130 Å². The van der Waals surface area contributed by atoms with E-state index in [9.17, 15) is 4.79 Å². The molecular weight excluding hydrogens is 290 g/mol. The molecule has 0 saturated heterocycles. The zero-order valence-corrected chi connectivity index (χ0v) is 13.9. The lowest BCUT2D eigenvalue weighted by Gasteiger charge is -2.27. The summed E-state index contributed by atoms with van der Waals surface area (Å²) in [5, 5.41) is 5.27. The number of amides is 1. The molecule has 20 heavy (non-hydrogen) atoms. The Morgan fingerprint density at radius 1 is 1.55 bits per heavy atom. The molecule has 1 unspecified atom stereocenters. The van der Waals surface area contributed by atoms with Crippen molar-refractivity contribution < 1.29 is 4.79 Å². The van der Waals surface area contributed by atoms with E-state index in [0.29, 0.717) is 5.88 Å². The van der Waals surface area contributed by atoms with Gasteiger partial charge in [-0.05, 0) is 54.5 Å². The normalized spacial score (nSPS) is 18.6. The maximum absolute atomic E-state index is 12.4. The van der Waals surface area contributed by atoms with E-state index in [1.807, 2.05) is 0 Å². The molecule has 1 heterocycles. The number of carbonyl (C=O) groups excluding carboxylic acids is 1. The van der Waals surface area contributed by atoms with Gasteiger partial charge < -0.3 is 5.32 Å². The number of carbonyl (C=O) groups is 1. The van der Waals surface area contributed by atoms with Crippen molar-refractivity contribution >= 4 is 28.8 Å². The predicted octanol–water partition coefficient (Wildman–Crippen LogP) is 4.33. The Morgan fingerprint density at radius 3 is 3.10 bits per heavy atom. The first-order chi connectivity index (χ1) is 9.53. The molecule has 1 atom stereocenters. The number of halogens is 1. The number of fused-ring (bicyclic) bond motifs is 1. The molecule has 0 bridgehead atoms. The molecule has 1 aliphatic carbocycles. The minimum atomic E-state index is 0.0637. The van der Waals surface area contributed by atoms with Crippen molar-refractivity contribution in [1.29, 1.82) is 0 Å². The molecule has 4 heteroatoms. The lowest BCUT2D eigenvalue weighted by Crippen LogP contribution is -2.37. The van der Waals surface area contributed by atoms with Crippen molar-refractivity contribution in [3.05, 3.63) is 21.9 Å². The average Bonchev–Trinajstić information content (AvgIpc) is 2.91. The van der Waals surface area contributed by atoms with E-state index in [1.54, 1.807) is 11.3 Å². The quantitative estimate of drug-likeness (QED) is 0.778. The predicted molar refractivity (Wildman–Crippen MR) is 86.7 cm³/mol. The van der Waals surface area contributed by atoms with Crippen LogP contribution in [0.1, 0.15) is 55.9 Å². The molecule has 1 aliphatic rings. The molecule has 1 aromatic heterocycles. The summed E-state index contributed by atoms with van der Waals surface area (Å²) in [4.78, 5) is 13.8. The maximum Gasteiger partial charge on any atom is 0.227 e. The Bertz CT molecular complexity index is 455. The zero-order chi connectivity index (χ0) is 14.6. The minimum absolute atomic E-state index is 0.0637. The Balaban J connectivity index is 1.90. The smallest absolute Gasteiger partial charge is 0.227 e. The van der Waals surface area contributed by atoms with Gasteiger partial charge in [-0.2, -0.15) is 0 Å². The molecule has 0 fully saturated rings. The van der Waals surface area contributed by atoms with Crippen LogP contribution in [0.4, 0.5) is 0 Å². The van der Waals surface area contributed by atoms with Crippen LogP contribution in [0.3, 0.4) is 0 Å². The highest BCUT2D eigenvalue weighted by atomic mass is 35.5. The van der Waals surface area contributed by atoms with Gasteiger partial charge in [0.2, 0.25) is 5.91 Å². The van der Waals surface area contributed by atoms with Gasteiger partial charge >= 0.3 is 0 Å². The van der Waals surface area contributed by atoms with Gasteiger partial charge in [0.1, 0.15) is 0 Å². The molecule has 0 aromatic carbocycles. The van der Waals surface area contributed by atoms with Crippen LogP contribution >= 0.6 is 22.9 Å². The van der Waals surface area contributed by atoms with Crippen LogP contribution in [-0.4, -0.2) is 18.3 Å². The number of alkyl halides is 1. The second-order valence-corrected chi connectivity index (χ2v) is 7.80. The van der Waals surface area contributed by atoms with Crippen LogP contribution in [0.2, 0.25) is 0 Å². The fourth-order valence-electron chi connectivity index (χ4n) is 2.84. The van der Waals surface area contributed by atoms with Crippen molar-refractivity contribution in [2.45, 2.75) is 51.9 Å². The van der Waals surface area contributed by atoms with Crippen molar-refractivity contribution in [3.63, 3.8) is 0 Å². The van der Waals surface area contributed by atoms with Gasteiger partial charge in [-0.3, -0.25) is 4.79 Å². The Morgan fingerprint density at radius 2 is 2.35 bits per heavy atom. The third-order valence-electron chi connectivity index (χ3n) is 4.10. The van der Waals surface area contributed by atoms with Gasteiger partial charge in [0.25, 0.3) is 0 Å². The van der Waals surface area contributed by atoms with Crippen LogP contribution < -0.4 is 5.32 Å². The summed E-state index contributed by atoms with van der Waals surface area (Å²) in [6.45, 7) is 5.12. The number of nitrogens with one attached hydrogen (secondary N) is 1. The number of aryl methyl sites for hydroxylation is 1. The lowest BCUT2D eigenvalue weighted by molar-refractivity contribution is -0.123. The highest BCUT2D eigenvalue weighted by Crippen LogP contribution is 2.35. The van der Waals surface area contributed by atoms with Gasteiger partial charge in [0, 0.05) is 17.3 Å². The standard InChI is InChI=1S/C16H24ClNOS/c1-16(2,8-4-9-17)11-18-15(19)13-5-3-6-14-12(13)7-10-20-14/h7,10,13H,3-6,8-9,11H2,1-2H3,(H,18,19). The fraction of sp³-hybridized carbons (Fsp3) is 0.688. The average molecular weight is 314 g/mol. The maximum atomic E-state index is 12.4. The summed E-state index contributed by atoms with van der Waals surface area (Å²) < 4.78 is 0. The highest BCUT2D eigenvalue weighted by Gasteiger charge is 2.28. The molecule has 2 nitrogen and oxygen atoms in total. The molecule has 0 radical (unpaired) electrons.